The van der Waals surface area contributed by atoms with Crippen molar-refractivity contribution in [2.75, 3.05) is 6.61 Å². The standard InChI is InChI=1S/C12H20N2O/c1-5-10-7-11(14(4)13-10)8-12(3,6-2)9-15/h6-7,15H,2,5,8-9H2,1,3-4H3. The number of aryl methyl sites for hydroxylation is 2. The third-order valence-corrected chi connectivity index (χ3v) is 2.83. The fourth-order valence-electron chi connectivity index (χ4n) is 1.52. The van der Waals surface area contributed by atoms with E-state index in [-0.39, 0.29) is 12.0 Å². The van der Waals surface area contributed by atoms with Crippen molar-refractivity contribution in [3.8, 4) is 0 Å². The minimum Gasteiger partial charge on any atom is -0.395 e. The molecule has 0 bridgehead atoms. The summed E-state index contributed by atoms with van der Waals surface area (Å²) in [6.07, 6.45) is 3.53. The van der Waals surface area contributed by atoms with E-state index in [0.29, 0.717) is 0 Å². The zero-order valence-electron chi connectivity index (χ0n) is 9.82. The molecule has 1 atom stereocenters. The van der Waals surface area contributed by atoms with Gasteiger partial charge < -0.3 is 5.11 Å². The maximum Gasteiger partial charge on any atom is 0.0624 e. The summed E-state index contributed by atoms with van der Waals surface area (Å²) < 4.78 is 1.89. The van der Waals surface area contributed by atoms with Crippen LogP contribution >= 0.6 is 0 Å². The third-order valence-electron chi connectivity index (χ3n) is 2.83. The summed E-state index contributed by atoms with van der Waals surface area (Å²) in [7, 11) is 1.94. The Bertz CT molecular complexity index is 343. The smallest absolute Gasteiger partial charge is 0.0624 e. The Balaban J connectivity index is 2.88. The van der Waals surface area contributed by atoms with E-state index in [1.165, 1.54) is 0 Å². The summed E-state index contributed by atoms with van der Waals surface area (Å²) in [5, 5.41) is 13.7. The highest BCUT2D eigenvalue weighted by molar-refractivity contribution is 5.14. The van der Waals surface area contributed by atoms with Crippen LogP contribution in [0.5, 0.6) is 0 Å². The van der Waals surface area contributed by atoms with E-state index in [9.17, 15) is 5.11 Å². The van der Waals surface area contributed by atoms with Gasteiger partial charge in [0.2, 0.25) is 0 Å². The summed E-state index contributed by atoms with van der Waals surface area (Å²) in [5.41, 5.74) is 1.99. The predicted molar refractivity (Wildman–Crippen MR) is 61.7 cm³/mol. The predicted octanol–water partition coefficient (Wildman–Crippen LogP) is 1.71. The lowest BCUT2D eigenvalue weighted by molar-refractivity contribution is 0.182. The molecule has 1 aromatic rings. The fourth-order valence-corrected chi connectivity index (χ4v) is 1.52. The van der Waals surface area contributed by atoms with E-state index < -0.39 is 0 Å². The number of aromatic nitrogens is 2. The topological polar surface area (TPSA) is 38.1 Å². The number of rotatable bonds is 5. The van der Waals surface area contributed by atoms with Crippen molar-refractivity contribution in [3.63, 3.8) is 0 Å². The van der Waals surface area contributed by atoms with E-state index in [1.807, 2.05) is 24.7 Å². The van der Waals surface area contributed by atoms with E-state index in [4.69, 9.17) is 0 Å². The molecule has 0 aliphatic rings. The van der Waals surface area contributed by atoms with Crippen LogP contribution in [0.25, 0.3) is 0 Å². The lowest BCUT2D eigenvalue weighted by Crippen LogP contribution is -2.22. The average molecular weight is 208 g/mol. The molecule has 0 aliphatic heterocycles. The molecule has 3 heteroatoms. The lowest BCUT2D eigenvalue weighted by Gasteiger charge is -2.22. The first kappa shape index (κ1) is 12.0. The van der Waals surface area contributed by atoms with Crippen LogP contribution in [0.15, 0.2) is 18.7 Å². The van der Waals surface area contributed by atoms with Crippen LogP contribution < -0.4 is 0 Å². The molecule has 84 valence electrons. The van der Waals surface area contributed by atoms with Crippen LogP contribution in [0.1, 0.15) is 25.2 Å². The molecule has 1 N–H and O–H groups in total. The fraction of sp³-hybridized carbons (Fsp3) is 0.583. The minimum atomic E-state index is -0.251. The number of aliphatic hydroxyl groups is 1. The first-order valence-corrected chi connectivity index (χ1v) is 5.31. The van der Waals surface area contributed by atoms with Crippen LogP contribution in [-0.4, -0.2) is 21.5 Å². The SMILES string of the molecule is C=CC(C)(CO)Cc1cc(CC)nn1C. The van der Waals surface area contributed by atoms with Crippen LogP contribution in [0.2, 0.25) is 0 Å². The van der Waals surface area contributed by atoms with E-state index in [0.717, 1.165) is 24.2 Å². The van der Waals surface area contributed by atoms with Crippen molar-refractivity contribution in [3.05, 3.63) is 30.1 Å². The van der Waals surface area contributed by atoms with Gasteiger partial charge in [-0.15, -0.1) is 6.58 Å². The van der Waals surface area contributed by atoms with Crippen LogP contribution in [-0.2, 0) is 19.9 Å². The van der Waals surface area contributed by atoms with Gasteiger partial charge in [0, 0.05) is 24.6 Å². The monoisotopic (exact) mass is 208 g/mol. The van der Waals surface area contributed by atoms with Crippen molar-refractivity contribution in [2.45, 2.75) is 26.7 Å². The van der Waals surface area contributed by atoms with Gasteiger partial charge in [-0.1, -0.05) is 19.9 Å². The van der Waals surface area contributed by atoms with Gasteiger partial charge in [0.05, 0.1) is 12.3 Å². The maximum atomic E-state index is 9.30. The number of nitrogens with zero attached hydrogens (tertiary/aromatic N) is 2. The molecule has 0 saturated carbocycles. The molecular weight excluding hydrogens is 188 g/mol. The highest BCUT2D eigenvalue weighted by Gasteiger charge is 2.21. The normalized spacial score (nSPS) is 14.9. The van der Waals surface area contributed by atoms with Crippen molar-refractivity contribution in [1.29, 1.82) is 0 Å². The Labute approximate surface area is 91.4 Å². The lowest BCUT2D eigenvalue weighted by atomic mass is 9.86. The van der Waals surface area contributed by atoms with E-state index >= 15 is 0 Å². The highest BCUT2D eigenvalue weighted by atomic mass is 16.3. The molecule has 1 unspecified atom stereocenters. The molecule has 3 nitrogen and oxygen atoms in total. The van der Waals surface area contributed by atoms with Crippen molar-refractivity contribution < 1.29 is 5.11 Å². The van der Waals surface area contributed by atoms with Gasteiger partial charge >= 0.3 is 0 Å². The molecule has 0 aliphatic carbocycles. The Hall–Kier alpha value is -1.09. The zero-order valence-corrected chi connectivity index (χ0v) is 9.82. The van der Waals surface area contributed by atoms with Gasteiger partial charge in [-0.2, -0.15) is 5.10 Å². The van der Waals surface area contributed by atoms with Gasteiger partial charge in [0.15, 0.2) is 0 Å². The molecule has 0 spiro atoms. The third kappa shape index (κ3) is 2.69. The molecule has 0 amide bonds. The maximum absolute atomic E-state index is 9.30. The first-order valence-electron chi connectivity index (χ1n) is 5.31. The molecule has 0 aromatic carbocycles. The summed E-state index contributed by atoms with van der Waals surface area (Å²) in [6.45, 7) is 7.97. The van der Waals surface area contributed by atoms with Crippen LogP contribution in [0.3, 0.4) is 0 Å². The van der Waals surface area contributed by atoms with Crippen LogP contribution in [0, 0.1) is 5.41 Å². The summed E-state index contributed by atoms with van der Waals surface area (Å²) in [6, 6.07) is 2.09. The molecule has 1 rings (SSSR count). The molecular formula is C12H20N2O. The Morgan fingerprint density at radius 1 is 1.67 bits per heavy atom. The molecule has 1 aromatic heterocycles. The van der Waals surface area contributed by atoms with Crippen molar-refractivity contribution in [2.24, 2.45) is 12.5 Å². The molecule has 0 radical (unpaired) electrons. The second kappa shape index (κ2) is 4.62. The summed E-state index contributed by atoms with van der Waals surface area (Å²) in [5.74, 6) is 0. The van der Waals surface area contributed by atoms with Gasteiger partial charge in [0.1, 0.15) is 0 Å². The van der Waals surface area contributed by atoms with E-state index in [1.54, 1.807) is 0 Å². The Morgan fingerprint density at radius 2 is 2.33 bits per heavy atom. The van der Waals surface area contributed by atoms with Gasteiger partial charge in [-0.05, 0) is 12.5 Å². The van der Waals surface area contributed by atoms with Crippen molar-refractivity contribution >= 4 is 0 Å². The van der Waals surface area contributed by atoms with Crippen molar-refractivity contribution in [1.82, 2.24) is 9.78 Å². The van der Waals surface area contributed by atoms with Crippen LogP contribution in [0.4, 0.5) is 0 Å². The zero-order chi connectivity index (χ0) is 11.5. The summed E-state index contributed by atoms with van der Waals surface area (Å²) >= 11 is 0. The van der Waals surface area contributed by atoms with Gasteiger partial charge in [-0.3, -0.25) is 4.68 Å². The highest BCUT2D eigenvalue weighted by Crippen LogP contribution is 2.23. The Morgan fingerprint density at radius 3 is 2.73 bits per heavy atom. The number of hydrogen-bond donors (Lipinski definition) is 1. The van der Waals surface area contributed by atoms with E-state index in [2.05, 4.69) is 24.7 Å². The second-order valence-corrected chi connectivity index (χ2v) is 4.30. The number of hydrogen-bond acceptors (Lipinski definition) is 2. The molecule has 0 fully saturated rings. The van der Waals surface area contributed by atoms with Gasteiger partial charge in [-0.25, -0.2) is 0 Å². The quantitative estimate of drug-likeness (QED) is 0.748. The molecule has 1 heterocycles. The molecule has 0 saturated heterocycles. The molecule has 15 heavy (non-hydrogen) atoms. The van der Waals surface area contributed by atoms with Gasteiger partial charge in [0.25, 0.3) is 0 Å². The average Bonchev–Trinajstić information content (AvgIpc) is 2.59. The number of aliphatic hydroxyl groups excluding tert-OH is 1. The second-order valence-electron chi connectivity index (χ2n) is 4.30. The largest absolute Gasteiger partial charge is 0.395 e. The first-order chi connectivity index (χ1) is 7.04. The Kier molecular flexibility index (Phi) is 3.69. The minimum absolute atomic E-state index is 0.114. The summed E-state index contributed by atoms with van der Waals surface area (Å²) in [4.78, 5) is 0.